The number of rotatable bonds is 2. The molecule has 0 aromatic carbocycles. The Kier molecular flexibility index (Phi) is 3.18. The van der Waals surface area contributed by atoms with Crippen LogP contribution in [0.3, 0.4) is 0 Å². The smallest absolute Gasteiger partial charge is 0.411 e. The van der Waals surface area contributed by atoms with Gasteiger partial charge in [-0.1, -0.05) is 18.5 Å². The highest BCUT2D eigenvalue weighted by Crippen LogP contribution is 2.19. The van der Waals surface area contributed by atoms with Gasteiger partial charge in [0.25, 0.3) is 0 Å². The summed E-state index contributed by atoms with van der Waals surface area (Å²) in [6.45, 7) is 1.58. The first-order valence-corrected chi connectivity index (χ1v) is 2.80. The normalized spacial score (nSPS) is 13.8. The van der Waals surface area contributed by atoms with E-state index in [9.17, 15) is 13.2 Å². The van der Waals surface area contributed by atoms with E-state index in [0.717, 1.165) is 0 Å². The van der Waals surface area contributed by atoms with E-state index in [1.807, 2.05) is 0 Å². The molecule has 60 valence electrons. The molecule has 10 heavy (non-hydrogen) atoms. The van der Waals surface area contributed by atoms with Gasteiger partial charge in [0.2, 0.25) is 0 Å². The van der Waals surface area contributed by atoms with Crippen LogP contribution in [0.15, 0.2) is 5.16 Å². The third-order valence-electron chi connectivity index (χ3n) is 0.935. The average molecular weight is 155 g/mol. The maximum absolute atomic E-state index is 11.6. The number of alkyl halides is 3. The molecule has 0 saturated carbocycles. The number of halogens is 3. The summed E-state index contributed by atoms with van der Waals surface area (Å²) in [5, 5.41) is 10.0. The van der Waals surface area contributed by atoms with Gasteiger partial charge < -0.3 is 5.21 Å². The summed E-state index contributed by atoms with van der Waals surface area (Å²) in [5.74, 6) is 0. The van der Waals surface area contributed by atoms with Gasteiger partial charge >= 0.3 is 6.18 Å². The molecule has 0 aliphatic heterocycles. The molecule has 0 rings (SSSR count). The molecule has 0 bridgehead atoms. The lowest BCUT2D eigenvalue weighted by Crippen LogP contribution is -2.22. The molecule has 0 spiro atoms. The Balaban J connectivity index is 4.10. The minimum atomic E-state index is -4.48. The van der Waals surface area contributed by atoms with Crippen LogP contribution in [0.1, 0.15) is 19.8 Å². The fraction of sp³-hybridized carbons (Fsp3) is 0.800. The monoisotopic (exact) mass is 155 g/mol. The predicted octanol–water partition coefficient (Wildman–Crippen LogP) is 2.18. The van der Waals surface area contributed by atoms with E-state index in [1.165, 1.54) is 0 Å². The Morgan fingerprint density at radius 3 is 2.10 bits per heavy atom. The van der Waals surface area contributed by atoms with Gasteiger partial charge in [-0.15, -0.1) is 0 Å². The topological polar surface area (TPSA) is 32.6 Å². The van der Waals surface area contributed by atoms with E-state index in [-0.39, 0.29) is 6.42 Å². The zero-order valence-corrected chi connectivity index (χ0v) is 5.44. The van der Waals surface area contributed by atoms with E-state index in [1.54, 1.807) is 6.92 Å². The standard InChI is InChI=1S/C5H8F3NO/c1-2-3-4(9-10)5(6,7)8/h10H,2-3H2,1H3/b9-4+. The minimum absolute atomic E-state index is 0.236. The van der Waals surface area contributed by atoms with Gasteiger partial charge in [0, 0.05) is 0 Å². The second-order valence-corrected chi connectivity index (χ2v) is 1.79. The van der Waals surface area contributed by atoms with Crippen LogP contribution in [0, 0.1) is 0 Å². The lowest BCUT2D eigenvalue weighted by atomic mass is 10.2. The van der Waals surface area contributed by atoms with E-state index in [2.05, 4.69) is 5.16 Å². The number of hydrogen-bond donors (Lipinski definition) is 1. The Labute approximate surface area is 56.3 Å². The van der Waals surface area contributed by atoms with Crippen molar-refractivity contribution in [3.8, 4) is 0 Å². The summed E-state index contributed by atoms with van der Waals surface area (Å²) in [5.41, 5.74) is -1.12. The second-order valence-electron chi connectivity index (χ2n) is 1.79. The highest BCUT2D eigenvalue weighted by atomic mass is 19.4. The molecule has 0 aliphatic carbocycles. The number of nitrogens with zero attached hydrogens (tertiary/aromatic N) is 1. The fourth-order valence-electron chi connectivity index (χ4n) is 0.485. The molecule has 0 unspecified atom stereocenters. The zero-order chi connectivity index (χ0) is 8.20. The van der Waals surface area contributed by atoms with Crippen molar-refractivity contribution in [1.82, 2.24) is 0 Å². The van der Waals surface area contributed by atoms with Crippen molar-refractivity contribution in [2.24, 2.45) is 5.16 Å². The molecule has 0 aromatic rings. The van der Waals surface area contributed by atoms with Gasteiger partial charge in [-0.05, 0) is 6.42 Å². The van der Waals surface area contributed by atoms with Crippen LogP contribution in [-0.4, -0.2) is 17.1 Å². The Morgan fingerprint density at radius 2 is 2.00 bits per heavy atom. The third kappa shape index (κ3) is 2.70. The Bertz CT molecular complexity index is 129. The molecule has 1 N–H and O–H groups in total. The highest BCUT2D eigenvalue weighted by molar-refractivity contribution is 5.89. The number of hydrogen-bond acceptors (Lipinski definition) is 2. The van der Waals surface area contributed by atoms with Crippen LogP contribution < -0.4 is 0 Å². The first-order valence-electron chi connectivity index (χ1n) is 2.80. The van der Waals surface area contributed by atoms with Crippen molar-refractivity contribution in [3.05, 3.63) is 0 Å². The van der Waals surface area contributed by atoms with Gasteiger partial charge in [-0.25, -0.2) is 0 Å². The summed E-state index contributed by atoms with van der Waals surface area (Å²) in [6.07, 6.45) is -4.40. The van der Waals surface area contributed by atoms with Crippen molar-refractivity contribution >= 4 is 5.71 Å². The van der Waals surface area contributed by atoms with Crippen LogP contribution in [-0.2, 0) is 0 Å². The van der Waals surface area contributed by atoms with Gasteiger partial charge in [-0.2, -0.15) is 13.2 Å². The maximum Gasteiger partial charge on any atom is 0.432 e. The molecule has 0 saturated heterocycles. The van der Waals surface area contributed by atoms with Crippen LogP contribution >= 0.6 is 0 Å². The minimum Gasteiger partial charge on any atom is -0.411 e. The van der Waals surface area contributed by atoms with Crippen molar-refractivity contribution in [3.63, 3.8) is 0 Å². The summed E-state index contributed by atoms with van der Waals surface area (Å²) in [6, 6.07) is 0. The summed E-state index contributed by atoms with van der Waals surface area (Å²) >= 11 is 0. The Hall–Kier alpha value is -0.740. The maximum atomic E-state index is 11.6. The molecule has 2 nitrogen and oxygen atoms in total. The molecule has 0 amide bonds. The molecule has 0 aromatic heterocycles. The molecule has 0 radical (unpaired) electrons. The fourth-order valence-corrected chi connectivity index (χ4v) is 0.485. The lowest BCUT2D eigenvalue weighted by molar-refractivity contribution is -0.0627. The van der Waals surface area contributed by atoms with Crippen LogP contribution in [0.25, 0.3) is 0 Å². The molecule has 0 heterocycles. The summed E-state index contributed by atoms with van der Waals surface area (Å²) < 4.78 is 34.8. The molecule has 0 aliphatic rings. The molecule has 5 heteroatoms. The molecule has 0 fully saturated rings. The average Bonchev–Trinajstić information content (AvgIpc) is 1.80. The number of oxime groups is 1. The van der Waals surface area contributed by atoms with Crippen LogP contribution in [0.5, 0.6) is 0 Å². The quantitative estimate of drug-likeness (QED) is 0.370. The lowest BCUT2D eigenvalue weighted by Gasteiger charge is -2.05. The third-order valence-corrected chi connectivity index (χ3v) is 0.935. The van der Waals surface area contributed by atoms with Crippen LogP contribution in [0.2, 0.25) is 0 Å². The van der Waals surface area contributed by atoms with E-state index >= 15 is 0 Å². The van der Waals surface area contributed by atoms with Crippen molar-refractivity contribution in [2.75, 3.05) is 0 Å². The van der Waals surface area contributed by atoms with Gasteiger partial charge in [-0.3, -0.25) is 0 Å². The van der Waals surface area contributed by atoms with Crippen molar-refractivity contribution < 1.29 is 18.4 Å². The Morgan fingerprint density at radius 1 is 1.50 bits per heavy atom. The highest BCUT2D eigenvalue weighted by Gasteiger charge is 2.35. The van der Waals surface area contributed by atoms with Gasteiger partial charge in [0.15, 0.2) is 5.71 Å². The van der Waals surface area contributed by atoms with Crippen LogP contribution in [0.4, 0.5) is 13.2 Å². The molecular formula is C5H8F3NO. The van der Waals surface area contributed by atoms with Crippen molar-refractivity contribution in [2.45, 2.75) is 25.9 Å². The van der Waals surface area contributed by atoms with E-state index < -0.39 is 11.9 Å². The first-order chi connectivity index (χ1) is 4.52. The van der Waals surface area contributed by atoms with Gasteiger partial charge in [0.05, 0.1) is 0 Å². The van der Waals surface area contributed by atoms with Crippen molar-refractivity contribution in [1.29, 1.82) is 0 Å². The van der Waals surface area contributed by atoms with E-state index in [4.69, 9.17) is 5.21 Å². The second kappa shape index (κ2) is 3.43. The van der Waals surface area contributed by atoms with Gasteiger partial charge in [0.1, 0.15) is 0 Å². The summed E-state index contributed by atoms with van der Waals surface area (Å²) in [4.78, 5) is 0. The predicted molar refractivity (Wildman–Crippen MR) is 30.2 cm³/mol. The summed E-state index contributed by atoms with van der Waals surface area (Å²) in [7, 11) is 0. The molecule has 0 atom stereocenters. The molecular weight excluding hydrogens is 147 g/mol. The zero-order valence-electron chi connectivity index (χ0n) is 5.44. The first kappa shape index (κ1) is 9.26. The van der Waals surface area contributed by atoms with E-state index in [0.29, 0.717) is 6.42 Å². The SMILES string of the molecule is CCC/C(=N\O)C(F)(F)F. The largest absolute Gasteiger partial charge is 0.432 e.